The van der Waals surface area contributed by atoms with Crippen LogP contribution in [0.4, 0.5) is 11.8 Å². The quantitative estimate of drug-likeness (QED) is 0.752. The van der Waals surface area contributed by atoms with Gasteiger partial charge in [0, 0.05) is 25.2 Å². The second kappa shape index (κ2) is 7.02. The summed E-state index contributed by atoms with van der Waals surface area (Å²) in [5.74, 6) is 1.07. The van der Waals surface area contributed by atoms with Gasteiger partial charge in [-0.1, -0.05) is 18.2 Å². The second-order valence-corrected chi connectivity index (χ2v) is 5.16. The van der Waals surface area contributed by atoms with Crippen LogP contribution < -0.4 is 10.6 Å². The summed E-state index contributed by atoms with van der Waals surface area (Å²) in [5, 5.41) is 0.862. The number of hydrogen-bond acceptors (Lipinski definition) is 6. The van der Waals surface area contributed by atoms with E-state index in [4.69, 9.17) is 10.5 Å². The molecule has 0 amide bonds. The van der Waals surface area contributed by atoms with Crippen molar-refractivity contribution in [3.8, 4) is 0 Å². The first-order valence-corrected chi connectivity index (χ1v) is 7.44. The number of pyridine rings is 1. The monoisotopic (exact) mass is 309 g/mol. The van der Waals surface area contributed by atoms with Crippen LogP contribution in [0, 0.1) is 0 Å². The number of anilines is 2. The lowest BCUT2D eigenvalue weighted by atomic mass is 10.2. The number of benzene rings is 1. The highest BCUT2D eigenvalue weighted by Crippen LogP contribution is 2.21. The maximum atomic E-state index is 6.09. The van der Waals surface area contributed by atoms with Crippen molar-refractivity contribution in [2.45, 2.75) is 6.54 Å². The Morgan fingerprint density at radius 2 is 1.91 bits per heavy atom. The molecule has 0 aliphatic heterocycles. The molecule has 2 N–H and O–H groups in total. The number of fused-ring (bicyclic) bond motifs is 1. The maximum Gasteiger partial charge on any atom is 0.228 e. The van der Waals surface area contributed by atoms with Crippen LogP contribution in [0.3, 0.4) is 0 Å². The largest absolute Gasteiger partial charge is 0.383 e. The fraction of sp³-hybridized carbons (Fsp3) is 0.235. The Hall–Kier alpha value is -2.73. The first kappa shape index (κ1) is 15.2. The summed E-state index contributed by atoms with van der Waals surface area (Å²) in [6.45, 7) is 1.83. The standard InChI is InChI=1S/C17H19N5O/c1-23-11-10-22(12-13-6-4-5-9-19-13)17-20-15-8-3-2-7-14(15)16(18)21-17/h2-9H,10-12H2,1H3,(H2,18,20,21). The summed E-state index contributed by atoms with van der Waals surface area (Å²) >= 11 is 0. The predicted octanol–water partition coefficient (Wildman–Crippen LogP) is 2.26. The lowest BCUT2D eigenvalue weighted by Crippen LogP contribution is -2.29. The number of rotatable bonds is 6. The van der Waals surface area contributed by atoms with Crippen LogP contribution >= 0.6 is 0 Å². The van der Waals surface area contributed by atoms with E-state index in [0.717, 1.165) is 16.6 Å². The van der Waals surface area contributed by atoms with Crippen LogP contribution in [0.25, 0.3) is 10.9 Å². The number of nitrogens with zero attached hydrogens (tertiary/aromatic N) is 4. The normalized spacial score (nSPS) is 10.8. The van der Waals surface area contributed by atoms with Crippen molar-refractivity contribution < 1.29 is 4.74 Å². The molecule has 2 aromatic heterocycles. The Bertz CT molecular complexity index is 778. The maximum absolute atomic E-state index is 6.09. The summed E-state index contributed by atoms with van der Waals surface area (Å²) in [6.07, 6.45) is 1.78. The Morgan fingerprint density at radius 1 is 1.09 bits per heavy atom. The van der Waals surface area contributed by atoms with Gasteiger partial charge in [-0.3, -0.25) is 4.98 Å². The van der Waals surface area contributed by atoms with Crippen LogP contribution in [0.1, 0.15) is 5.69 Å². The van der Waals surface area contributed by atoms with Gasteiger partial charge in [-0.2, -0.15) is 4.98 Å². The zero-order chi connectivity index (χ0) is 16.1. The Kier molecular flexibility index (Phi) is 4.63. The second-order valence-electron chi connectivity index (χ2n) is 5.16. The summed E-state index contributed by atoms with van der Waals surface area (Å²) in [4.78, 5) is 15.5. The van der Waals surface area contributed by atoms with E-state index in [2.05, 4.69) is 15.0 Å². The molecule has 0 aliphatic rings. The van der Waals surface area contributed by atoms with E-state index in [1.165, 1.54) is 0 Å². The van der Waals surface area contributed by atoms with E-state index in [-0.39, 0.29) is 0 Å². The lowest BCUT2D eigenvalue weighted by Gasteiger charge is -2.22. The number of methoxy groups -OCH3 is 1. The summed E-state index contributed by atoms with van der Waals surface area (Å²) in [7, 11) is 1.68. The predicted molar refractivity (Wildman–Crippen MR) is 91.1 cm³/mol. The number of ether oxygens (including phenoxy) is 1. The van der Waals surface area contributed by atoms with Crippen molar-refractivity contribution in [2.24, 2.45) is 0 Å². The van der Waals surface area contributed by atoms with E-state index < -0.39 is 0 Å². The van der Waals surface area contributed by atoms with Crippen molar-refractivity contribution in [1.82, 2.24) is 15.0 Å². The van der Waals surface area contributed by atoms with E-state index >= 15 is 0 Å². The minimum absolute atomic E-state index is 0.481. The van der Waals surface area contributed by atoms with Crippen molar-refractivity contribution >= 4 is 22.7 Å². The average Bonchev–Trinajstić information content (AvgIpc) is 2.59. The molecule has 0 aliphatic carbocycles. The van der Waals surface area contributed by atoms with E-state index in [1.54, 1.807) is 13.3 Å². The van der Waals surface area contributed by atoms with Crippen LogP contribution in [0.15, 0.2) is 48.7 Å². The van der Waals surface area contributed by atoms with E-state index in [9.17, 15) is 0 Å². The first-order chi connectivity index (χ1) is 11.3. The zero-order valence-electron chi connectivity index (χ0n) is 13.0. The van der Waals surface area contributed by atoms with Gasteiger partial charge in [0.25, 0.3) is 0 Å². The smallest absolute Gasteiger partial charge is 0.228 e. The highest BCUT2D eigenvalue weighted by molar-refractivity contribution is 5.88. The Labute approximate surface area is 135 Å². The van der Waals surface area contributed by atoms with Crippen LogP contribution in [-0.2, 0) is 11.3 Å². The fourth-order valence-corrected chi connectivity index (χ4v) is 2.37. The lowest BCUT2D eigenvalue weighted by molar-refractivity contribution is 0.204. The van der Waals surface area contributed by atoms with Gasteiger partial charge in [-0.05, 0) is 24.3 Å². The number of aromatic nitrogens is 3. The molecule has 3 rings (SSSR count). The molecule has 0 saturated heterocycles. The Balaban J connectivity index is 1.95. The SMILES string of the molecule is COCCN(Cc1ccccn1)c1nc(N)c2ccccc2n1. The third-order valence-electron chi connectivity index (χ3n) is 3.55. The van der Waals surface area contributed by atoms with Crippen molar-refractivity contribution in [1.29, 1.82) is 0 Å². The van der Waals surface area contributed by atoms with Gasteiger partial charge in [-0.25, -0.2) is 4.98 Å². The molecule has 2 heterocycles. The van der Waals surface area contributed by atoms with Gasteiger partial charge in [0.2, 0.25) is 5.95 Å². The summed E-state index contributed by atoms with van der Waals surface area (Å²) < 4.78 is 5.20. The molecule has 0 fully saturated rings. The molecule has 3 aromatic rings. The van der Waals surface area contributed by atoms with Gasteiger partial charge >= 0.3 is 0 Å². The number of hydrogen-bond donors (Lipinski definition) is 1. The molecule has 0 radical (unpaired) electrons. The molecule has 0 atom stereocenters. The number of para-hydroxylation sites is 1. The molecule has 118 valence electrons. The first-order valence-electron chi connectivity index (χ1n) is 7.44. The summed E-state index contributed by atoms with van der Waals surface area (Å²) in [6, 6.07) is 13.6. The van der Waals surface area contributed by atoms with Gasteiger partial charge in [0.1, 0.15) is 5.82 Å². The summed E-state index contributed by atoms with van der Waals surface area (Å²) in [5.41, 5.74) is 7.87. The molecule has 0 bridgehead atoms. The van der Waals surface area contributed by atoms with Crippen LogP contribution in [0.5, 0.6) is 0 Å². The molecule has 6 heteroatoms. The van der Waals surface area contributed by atoms with Crippen LogP contribution in [-0.4, -0.2) is 35.2 Å². The number of nitrogen functional groups attached to an aromatic ring is 1. The third kappa shape index (κ3) is 3.54. The highest BCUT2D eigenvalue weighted by atomic mass is 16.5. The fourth-order valence-electron chi connectivity index (χ4n) is 2.37. The molecule has 0 saturated carbocycles. The third-order valence-corrected chi connectivity index (χ3v) is 3.55. The highest BCUT2D eigenvalue weighted by Gasteiger charge is 2.13. The molecule has 6 nitrogen and oxygen atoms in total. The zero-order valence-corrected chi connectivity index (χ0v) is 13.0. The topological polar surface area (TPSA) is 77.2 Å². The Morgan fingerprint density at radius 3 is 2.70 bits per heavy atom. The molecule has 0 unspecified atom stereocenters. The molecule has 23 heavy (non-hydrogen) atoms. The number of nitrogens with two attached hydrogens (primary N) is 1. The van der Waals surface area contributed by atoms with Crippen molar-refractivity contribution in [3.05, 3.63) is 54.4 Å². The average molecular weight is 309 g/mol. The van der Waals surface area contributed by atoms with Gasteiger partial charge in [0.15, 0.2) is 0 Å². The van der Waals surface area contributed by atoms with Gasteiger partial charge in [-0.15, -0.1) is 0 Å². The molecule has 0 spiro atoms. The molecular weight excluding hydrogens is 290 g/mol. The van der Waals surface area contributed by atoms with Crippen LogP contribution in [0.2, 0.25) is 0 Å². The minimum Gasteiger partial charge on any atom is -0.383 e. The van der Waals surface area contributed by atoms with Crippen molar-refractivity contribution in [3.63, 3.8) is 0 Å². The van der Waals surface area contributed by atoms with Gasteiger partial charge < -0.3 is 15.4 Å². The van der Waals surface area contributed by atoms with Crippen molar-refractivity contribution in [2.75, 3.05) is 30.9 Å². The van der Waals surface area contributed by atoms with Gasteiger partial charge in [0.05, 0.1) is 24.4 Å². The van der Waals surface area contributed by atoms with E-state index in [0.29, 0.717) is 31.5 Å². The van der Waals surface area contributed by atoms with E-state index in [1.807, 2.05) is 47.4 Å². The molecule has 1 aromatic carbocycles. The minimum atomic E-state index is 0.481. The molecular formula is C17H19N5O.